The summed E-state index contributed by atoms with van der Waals surface area (Å²) in [6, 6.07) is 6.86. The maximum absolute atomic E-state index is 4.66. The van der Waals surface area contributed by atoms with E-state index in [0.29, 0.717) is 5.92 Å². The number of allylic oxidation sites excluding steroid dienone is 1. The average Bonchev–Trinajstić information content (AvgIpc) is 3.11. The molecule has 0 amide bonds. The number of thioether (sulfide) groups is 1. The molecule has 0 spiro atoms. The molecule has 2 nitrogen and oxygen atoms in total. The highest BCUT2D eigenvalue weighted by Gasteiger charge is 2.34. The minimum atomic E-state index is 0.536. The smallest absolute Gasteiger partial charge is 0.168 e. The molecule has 0 unspecified atom stereocenters. The number of nitrogens with zero attached hydrogens (tertiary/aromatic N) is 2. The topological polar surface area (TPSA) is 15.6 Å². The van der Waals surface area contributed by atoms with Gasteiger partial charge in [0.2, 0.25) is 0 Å². The van der Waals surface area contributed by atoms with Crippen LogP contribution in [0.15, 0.2) is 33.5 Å². The number of fused-ring (bicyclic) bond motifs is 2. The van der Waals surface area contributed by atoms with E-state index in [2.05, 4.69) is 54.2 Å². The fourth-order valence-corrected chi connectivity index (χ4v) is 5.17. The lowest BCUT2D eigenvalue weighted by Crippen LogP contribution is -2.20. The van der Waals surface area contributed by atoms with E-state index >= 15 is 0 Å². The van der Waals surface area contributed by atoms with Gasteiger partial charge < -0.3 is 4.90 Å². The third kappa shape index (κ3) is 2.04. The zero-order chi connectivity index (χ0) is 14.6. The van der Waals surface area contributed by atoms with Crippen molar-refractivity contribution in [1.29, 1.82) is 0 Å². The second-order valence-corrected chi connectivity index (χ2v) is 7.86. The Morgan fingerprint density at radius 2 is 2.14 bits per heavy atom. The highest BCUT2D eigenvalue weighted by atomic mass is 32.2. The summed E-state index contributed by atoms with van der Waals surface area (Å²) in [6.07, 6.45) is 0. The number of thiophene rings is 1. The first-order valence-electron chi connectivity index (χ1n) is 7.37. The lowest BCUT2D eigenvalue weighted by Gasteiger charge is -2.19. The zero-order valence-corrected chi connectivity index (χ0v) is 14.1. The maximum Gasteiger partial charge on any atom is 0.168 e. The Hall–Kier alpha value is -1.26. The van der Waals surface area contributed by atoms with Crippen LogP contribution < -0.4 is 0 Å². The minimum absolute atomic E-state index is 0.536. The Kier molecular flexibility index (Phi) is 3.12. The van der Waals surface area contributed by atoms with Crippen LogP contribution in [0.1, 0.15) is 25.0 Å². The molecule has 1 aromatic heterocycles. The fourth-order valence-electron chi connectivity index (χ4n) is 3.08. The number of aliphatic imine (C=N–C) groups is 1. The van der Waals surface area contributed by atoms with Crippen LogP contribution in [0.2, 0.25) is 0 Å². The highest BCUT2D eigenvalue weighted by Crippen LogP contribution is 2.47. The van der Waals surface area contributed by atoms with Gasteiger partial charge in [0.25, 0.3) is 0 Å². The quantitative estimate of drug-likeness (QED) is 0.779. The first kappa shape index (κ1) is 13.4. The molecular formula is C17H18N2S2. The molecule has 2 aliphatic rings. The third-order valence-corrected chi connectivity index (χ3v) is 6.36. The first-order valence-corrected chi connectivity index (χ1v) is 9.07. The molecule has 0 N–H and O–H groups in total. The molecule has 0 bridgehead atoms. The van der Waals surface area contributed by atoms with Gasteiger partial charge in [-0.05, 0) is 41.3 Å². The van der Waals surface area contributed by atoms with Gasteiger partial charge in [0.1, 0.15) is 0 Å². The maximum atomic E-state index is 4.66. The Morgan fingerprint density at radius 1 is 1.29 bits per heavy atom. The number of hydrogen-bond donors (Lipinski definition) is 0. The number of benzene rings is 1. The zero-order valence-electron chi connectivity index (χ0n) is 12.5. The second kappa shape index (κ2) is 4.89. The normalized spacial score (nSPS) is 18.1. The lowest BCUT2D eigenvalue weighted by molar-refractivity contribution is 0.641. The van der Waals surface area contributed by atoms with E-state index in [1.165, 1.54) is 37.0 Å². The predicted octanol–water partition coefficient (Wildman–Crippen LogP) is 4.95. The van der Waals surface area contributed by atoms with Crippen LogP contribution >= 0.6 is 23.1 Å². The van der Waals surface area contributed by atoms with Gasteiger partial charge in [-0.15, -0.1) is 11.3 Å². The van der Waals surface area contributed by atoms with E-state index in [9.17, 15) is 0 Å². The molecule has 4 rings (SSSR count). The molecule has 3 heterocycles. The summed E-state index contributed by atoms with van der Waals surface area (Å²) in [6.45, 7) is 8.71. The first-order chi connectivity index (χ1) is 10.1. The number of aryl methyl sites for hydroxylation is 1. The molecule has 0 saturated heterocycles. The van der Waals surface area contributed by atoms with Crippen molar-refractivity contribution in [2.75, 3.05) is 13.1 Å². The Bertz CT molecular complexity index is 783. The molecule has 2 aliphatic heterocycles. The van der Waals surface area contributed by atoms with Crippen molar-refractivity contribution in [3.63, 3.8) is 0 Å². The summed E-state index contributed by atoms with van der Waals surface area (Å²) in [7, 11) is 0. The molecule has 108 valence electrons. The largest absolute Gasteiger partial charge is 0.318 e. The van der Waals surface area contributed by atoms with E-state index in [4.69, 9.17) is 0 Å². The van der Waals surface area contributed by atoms with Gasteiger partial charge in [-0.3, -0.25) is 4.99 Å². The average molecular weight is 314 g/mol. The Morgan fingerprint density at radius 3 is 2.95 bits per heavy atom. The minimum Gasteiger partial charge on any atom is -0.318 e. The molecule has 21 heavy (non-hydrogen) atoms. The van der Waals surface area contributed by atoms with Crippen molar-refractivity contribution in [2.45, 2.75) is 20.8 Å². The third-order valence-electron chi connectivity index (χ3n) is 3.98. The number of rotatable bonds is 2. The standard InChI is InChI=1S/C17H18N2S2/c1-10(2)15-14(19-6-5-18-17(19)21-15)13-9-11(3)8-12-4-7-20-16(12)13/h4,7-10H,5-6H2,1-3H3. The van der Waals surface area contributed by atoms with Gasteiger partial charge >= 0.3 is 0 Å². The summed E-state index contributed by atoms with van der Waals surface area (Å²) in [5.74, 6) is 0.536. The SMILES string of the molecule is Cc1cc(C2=C(C(C)C)SC3=NCCN32)c2sccc2c1. The van der Waals surface area contributed by atoms with Gasteiger partial charge in [-0.2, -0.15) is 0 Å². The van der Waals surface area contributed by atoms with Gasteiger partial charge in [0, 0.05) is 21.7 Å². The molecule has 1 aromatic carbocycles. The van der Waals surface area contributed by atoms with Crippen LogP contribution in [0.4, 0.5) is 0 Å². The second-order valence-electron chi connectivity index (χ2n) is 5.94. The monoisotopic (exact) mass is 314 g/mol. The van der Waals surface area contributed by atoms with Crippen molar-refractivity contribution in [1.82, 2.24) is 4.90 Å². The van der Waals surface area contributed by atoms with E-state index in [0.717, 1.165) is 13.1 Å². The van der Waals surface area contributed by atoms with Crippen molar-refractivity contribution >= 4 is 44.0 Å². The van der Waals surface area contributed by atoms with E-state index in [-0.39, 0.29) is 0 Å². The molecule has 0 atom stereocenters. The summed E-state index contributed by atoms with van der Waals surface area (Å²) in [4.78, 5) is 8.55. The molecule has 0 radical (unpaired) electrons. The molecule has 0 fully saturated rings. The Balaban J connectivity index is 1.99. The number of hydrogen-bond acceptors (Lipinski definition) is 4. The molecular weight excluding hydrogens is 296 g/mol. The Labute approximate surface area is 133 Å². The van der Waals surface area contributed by atoms with Crippen LogP contribution in [0.5, 0.6) is 0 Å². The van der Waals surface area contributed by atoms with Crippen molar-refractivity contribution in [2.24, 2.45) is 10.9 Å². The molecule has 4 heteroatoms. The molecule has 0 saturated carbocycles. The van der Waals surface area contributed by atoms with E-state index in [1.807, 2.05) is 23.1 Å². The molecule has 2 aromatic rings. The summed E-state index contributed by atoms with van der Waals surface area (Å²) in [5.41, 5.74) is 4.13. The van der Waals surface area contributed by atoms with Gasteiger partial charge in [0.05, 0.1) is 12.2 Å². The van der Waals surface area contributed by atoms with Crippen LogP contribution in [0, 0.1) is 12.8 Å². The van der Waals surface area contributed by atoms with Crippen LogP contribution in [-0.2, 0) is 0 Å². The lowest BCUT2D eigenvalue weighted by atomic mass is 10.0. The molecule has 0 aliphatic carbocycles. The predicted molar refractivity (Wildman–Crippen MR) is 94.9 cm³/mol. The van der Waals surface area contributed by atoms with Crippen LogP contribution in [-0.4, -0.2) is 23.2 Å². The highest BCUT2D eigenvalue weighted by molar-refractivity contribution is 8.17. The van der Waals surface area contributed by atoms with Crippen LogP contribution in [0.3, 0.4) is 0 Å². The van der Waals surface area contributed by atoms with Crippen LogP contribution in [0.25, 0.3) is 15.8 Å². The summed E-state index contributed by atoms with van der Waals surface area (Å²) < 4.78 is 1.41. The van der Waals surface area contributed by atoms with Crippen molar-refractivity contribution < 1.29 is 0 Å². The van der Waals surface area contributed by atoms with Gasteiger partial charge in [0.15, 0.2) is 5.17 Å². The summed E-state index contributed by atoms with van der Waals surface area (Å²) in [5, 5.41) is 4.75. The fraction of sp³-hybridized carbons (Fsp3) is 0.353. The van der Waals surface area contributed by atoms with E-state index in [1.54, 1.807) is 0 Å². The van der Waals surface area contributed by atoms with Crippen molar-refractivity contribution in [3.05, 3.63) is 39.6 Å². The van der Waals surface area contributed by atoms with Gasteiger partial charge in [-0.25, -0.2) is 0 Å². The number of amidine groups is 1. The van der Waals surface area contributed by atoms with Crippen molar-refractivity contribution in [3.8, 4) is 0 Å². The van der Waals surface area contributed by atoms with Gasteiger partial charge in [-0.1, -0.05) is 31.7 Å². The van der Waals surface area contributed by atoms with E-state index < -0.39 is 0 Å². The summed E-state index contributed by atoms with van der Waals surface area (Å²) >= 11 is 3.72.